The number of rotatable bonds is 7. The first-order chi connectivity index (χ1) is 19.0. The average Bonchev–Trinajstić information content (AvgIpc) is 3.79. The van der Waals surface area contributed by atoms with E-state index in [-0.39, 0.29) is 35.6 Å². The van der Waals surface area contributed by atoms with Crippen molar-refractivity contribution in [3.63, 3.8) is 0 Å². The number of hydrogen-bond acceptors (Lipinski definition) is 7. The van der Waals surface area contributed by atoms with Crippen molar-refractivity contribution in [1.82, 2.24) is 15.3 Å². The molecule has 3 atom stereocenters. The van der Waals surface area contributed by atoms with Crippen LogP contribution in [-0.4, -0.2) is 61.4 Å². The van der Waals surface area contributed by atoms with Gasteiger partial charge in [-0.2, -0.15) is 0 Å². The first-order valence-electron chi connectivity index (χ1n) is 13.8. The summed E-state index contributed by atoms with van der Waals surface area (Å²) in [5.74, 6) is 0.405. The molecule has 0 bridgehead atoms. The second kappa shape index (κ2) is 11.4. The van der Waals surface area contributed by atoms with Crippen LogP contribution in [0, 0.1) is 11.7 Å². The van der Waals surface area contributed by atoms with E-state index in [9.17, 15) is 9.18 Å². The van der Waals surface area contributed by atoms with Crippen molar-refractivity contribution in [2.75, 3.05) is 44.4 Å². The molecule has 0 spiro atoms. The Bertz CT molecular complexity index is 1290. The molecule has 1 amide bonds. The van der Waals surface area contributed by atoms with Crippen LogP contribution in [0.15, 0.2) is 54.6 Å². The molecule has 6 rings (SSSR count). The molecule has 3 aromatic rings. The fraction of sp³-hybridized carbons (Fsp3) is 0.433. The monoisotopic (exact) mass is 531 g/mol. The van der Waals surface area contributed by atoms with E-state index in [0.717, 1.165) is 62.4 Å². The second-order valence-corrected chi connectivity index (χ2v) is 10.6. The van der Waals surface area contributed by atoms with Gasteiger partial charge in [0.25, 0.3) is 5.91 Å². The first kappa shape index (κ1) is 25.9. The van der Waals surface area contributed by atoms with Gasteiger partial charge in [0.15, 0.2) is 5.82 Å². The maximum Gasteiger partial charge on any atom is 0.270 e. The van der Waals surface area contributed by atoms with Crippen molar-refractivity contribution >= 4 is 11.6 Å². The Morgan fingerprint density at radius 3 is 2.38 bits per heavy atom. The molecule has 1 aliphatic carbocycles. The maximum atomic E-state index is 13.4. The zero-order chi connectivity index (χ0) is 26.8. The number of benzene rings is 2. The van der Waals surface area contributed by atoms with E-state index in [1.54, 1.807) is 6.07 Å². The van der Waals surface area contributed by atoms with E-state index in [0.29, 0.717) is 30.4 Å². The average molecular weight is 532 g/mol. The van der Waals surface area contributed by atoms with Gasteiger partial charge in [-0.25, -0.2) is 14.4 Å². The third-order valence-corrected chi connectivity index (χ3v) is 7.98. The van der Waals surface area contributed by atoms with Gasteiger partial charge in [0.1, 0.15) is 11.5 Å². The number of carbonyl (C=O) groups is 1. The molecule has 3 fully saturated rings. The molecule has 2 aliphatic heterocycles. The van der Waals surface area contributed by atoms with Crippen molar-refractivity contribution in [3.8, 4) is 11.4 Å². The first-order valence-corrected chi connectivity index (χ1v) is 13.8. The topological polar surface area (TPSA) is 103 Å². The molecule has 3 heterocycles. The van der Waals surface area contributed by atoms with Crippen molar-refractivity contribution < 1.29 is 18.7 Å². The minimum Gasteiger partial charge on any atom is -0.381 e. The number of anilines is 1. The zero-order valence-electron chi connectivity index (χ0n) is 21.9. The number of nitrogens with two attached hydrogens (primary N) is 1. The largest absolute Gasteiger partial charge is 0.381 e. The number of carbonyl (C=O) groups excluding carboxylic acids is 1. The third kappa shape index (κ3) is 5.95. The number of morpholine rings is 1. The SMILES string of the molecule is NC(c1cc(C(=O)NC2CCOCC2)nc(-c2ccc(N3CCOCC3)cc2)n1)[C@@H]1C[C@@H]1c1ccc(F)cc1. The third-order valence-electron chi connectivity index (χ3n) is 7.98. The maximum absolute atomic E-state index is 13.4. The normalized spacial score (nSPS) is 22.4. The lowest BCUT2D eigenvalue weighted by atomic mass is 10.0. The predicted molar refractivity (Wildman–Crippen MR) is 146 cm³/mol. The zero-order valence-corrected chi connectivity index (χ0v) is 21.9. The van der Waals surface area contributed by atoms with Crippen LogP contribution in [0.4, 0.5) is 10.1 Å². The van der Waals surface area contributed by atoms with E-state index in [1.807, 2.05) is 24.3 Å². The molecule has 204 valence electrons. The summed E-state index contributed by atoms with van der Waals surface area (Å²) in [4.78, 5) is 25.1. The van der Waals surface area contributed by atoms with Crippen molar-refractivity contribution in [2.24, 2.45) is 11.7 Å². The second-order valence-electron chi connectivity index (χ2n) is 10.6. The summed E-state index contributed by atoms with van der Waals surface area (Å²) in [6, 6.07) is 16.1. The van der Waals surface area contributed by atoms with Crippen LogP contribution in [0.1, 0.15) is 53.0 Å². The van der Waals surface area contributed by atoms with E-state index < -0.39 is 0 Å². The molecular weight excluding hydrogens is 497 g/mol. The van der Waals surface area contributed by atoms with E-state index in [4.69, 9.17) is 20.2 Å². The number of ether oxygens (including phenoxy) is 2. The van der Waals surface area contributed by atoms with Gasteiger partial charge >= 0.3 is 0 Å². The Morgan fingerprint density at radius 2 is 1.67 bits per heavy atom. The molecular formula is C30H34FN5O3. The Morgan fingerprint density at radius 1 is 0.974 bits per heavy atom. The Labute approximate surface area is 227 Å². The smallest absolute Gasteiger partial charge is 0.270 e. The summed E-state index contributed by atoms with van der Waals surface area (Å²) < 4.78 is 24.3. The Balaban J connectivity index is 1.27. The van der Waals surface area contributed by atoms with Gasteiger partial charge in [-0.15, -0.1) is 0 Å². The van der Waals surface area contributed by atoms with E-state index in [2.05, 4.69) is 27.3 Å². The summed E-state index contributed by atoms with van der Waals surface area (Å²) in [6.07, 6.45) is 2.45. The van der Waals surface area contributed by atoms with Crippen LogP contribution >= 0.6 is 0 Å². The standard InChI is InChI=1S/C30H34FN5O3/c31-21-5-1-19(2-6-21)24-17-25(24)28(32)26-18-27(30(37)33-22-9-13-38-14-10-22)35-29(34-26)20-3-7-23(8-4-20)36-11-15-39-16-12-36/h1-8,18,22,24-25,28H,9-17,32H2,(H,33,37)/t24-,25-,28?/m1/s1. The molecule has 0 radical (unpaired) electrons. The Hall–Kier alpha value is -3.40. The lowest BCUT2D eigenvalue weighted by Crippen LogP contribution is -2.39. The van der Waals surface area contributed by atoms with Crippen LogP contribution in [0.2, 0.25) is 0 Å². The van der Waals surface area contributed by atoms with Gasteiger partial charge in [-0.1, -0.05) is 12.1 Å². The summed E-state index contributed by atoms with van der Waals surface area (Å²) >= 11 is 0. The van der Waals surface area contributed by atoms with E-state index in [1.165, 1.54) is 12.1 Å². The molecule has 2 saturated heterocycles. The van der Waals surface area contributed by atoms with Crippen molar-refractivity contribution in [2.45, 2.75) is 37.3 Å². The lowest BCUT2D eigenvalue weighted by molar-refractivity contribution is 0.0694. The highest BCUT2D eigenvalue weighted by atomic mass is 19.1. The highest BCUT2D eigenvalue weighted by Gasteiger charge is 2.43. The quantitative estimate of drug-likeness (QED) is 0.478. The van der Waals surface area contributed by atoms with Gasteiger partial charge in [-0.05, 0) is 79.1 Å². The number of hydrogen-bond donors (Lipinski definition) is 2. The molecule has 3 aliphatic rings. The fourth-order valence-electron chi connectivity index (χ4n) is 5.55. The molecule has 2 aromatic carbocycles. The van der Waals surface area contributed by atoms with Gasteiger partial charge in [0.05, 0.1) is 24.9 Å². The fourth-order valence-corrected chi connectivity index (χ4v) is 5.55. The van der Waals surface area contributed by atoms with Crippen LogP contribution < -0.4 is 16.0 Å². The lowest BCUT2D eigenvalue weighted by Gasteiger charge is -2.28. The minimum atomic E-state index is -0.371. The Kier molecular flexibility index (Phi) is 7.54. The molecule has 1 unspecified atom stereocenters. The van der Waals surface area contributed by atoms with Gasteiger partial charge in [0, 0.05) is 43.6 Å². The summed E-state index contributed by atoms with van der Waals surface area (Å²) in [5, 5.41) is 3.11. The molecule has 39 heavy (non-hydrogen) atoms. The van der Waals surface area contributed by atoms with Gasteiger partial charge < -0.3 is 25.4 Å². The number of nitrogens with one attached hydrogen (secondary N) is 1. The predicted octanol–water partition coefficient (Wildman–Crippen LogP) is 3.83. The van der Waals surface area contributed by atoms with E-state index >= 15 is 0 Å². The number of nitrogens with zero attached hydrogens (tertiary/aromatic N) is 3. The van der Waals surface area contributed by atoms with Crippen molar-refractivity contribution in [3.05, 3.63) is 77.4 Å². The number of amides is 1. The summed E-state index contributed by atoms with van der Waals surface area (Å²) in [7, 11) is 0. The van der Waals surface area contributed by atoms with Crippen LogP contribution in [-0.2, 0) is 9.47 Å². The van der Waals surface area contributed by atoms with Crippen LogP contribution in [0.25, 0.3) is 11.4 Å². The highest BCUT2D eigenvalue weighted by Crippen LogP contribution is 2.53. The molecule has 1 aromatic heterocycles. The van der Waals surface area contributed by atoms with Crippen LogP contribution in [0.3, 0.4) is 0 Å². The molecule has 8 nitrogen and oxygen atoms in total. The van der Waals surface area contributed by atoms with Crippen molar-refractivity contribution in [1.29, 1.82) is 0 Å². The molecule has 1 saturated carbocycles. The molecule has 3 N–H and O–H groups in total. The number of halogens is 1. The minimum absolute atomic E-state index is 0.0564. The van der Waals surface area contributed by atoms with Gasteiger partial charge in [-0.3, -0.25) is 4.79 Å². The summed E-state index contributed by atoms with van der Waals surface area (Å²) in [6.45, 7) is 4.42. The highest BCUT2D eigenvalue weighted by molar-refractivity contribution is 5.93. The van der Waals surface area contributed by atoms with Gasteiger partial charge in [0.2, 0.25) is 0 Å². The van der Waals surface area contributed by atoms with Crippen LogP contribution in [0.5, 0.6) is 0 Å². The molecule has 9 heteroatoms. The number of aromatic nitrogens is 2. The summed E-state index contributed by atoms with van der Waals surface area (Å²) in [5.41, 5.74) is 10.7.